The number of nitrogens with zero attached hydrogens (tertiary/aromatic N) is 1. The molecule has 1 aliphatic carbocycles. The number of carbonyl (C=O) groups is 1. The van der Waals surface area contributed by atoms with E-state index in [-0.39, 0.29) is 6.61 Å². The van der Waals surface area contributed by atoms with Crippen molar-refractivity contribution in [2.24, 2.45) is 5.92 Å². The lowest BCUT2D eigenvalue weighted by Gasteiger charge is -2.05. The van der Waals surface area contributed by atoms with Crippen LogP contribution in [0, 0.1) is 5.92 Å². The number of hydrogen-bond acceptors (Lipinski definition) is 4. The van der Waals surface area contributed by atoms with Crippen LogP contribution in [0.2, 0.25) is 0 Å². The van der Waals surface area contributed by atoms with Crippen LogP contribution in [0.25, 0.3) is 0 Å². The van der Waals surface area contributed by atoms with Crippen LogP contribution in [0.5, 0.6) is 5.88 Å². The van der Waals surface area contributed by atoms with E-state index < -0.39 is 0 Å². The van der Waals surface area contributed by atoms with Crippen LogP contribution in [0.4, 0.5) is 0 Å². The first kappa shape index (κ1) is 9.96. The van der Waals surface area contributed by atoms with Gasteiger partial charge in [-0.3, -0.25) is 4.79 Å². The number of rotatable bonds is 6. The van der Waals surface area contributed by atoms with Crippen molar-refractivity contribution in [2.75, 3.05) is 6.61 Å². The zero-order valence-electron chi connectivity index (χ0n) is 8.39. The van der Waals surface area contributed by atoms with E-state index >= 15 is 0 Å². The van der Waals surface area contributed by atoms with Crippen molar-refractivity contribution in [3.63, 3.8) is 0 Å². The van der Waals surface area contributed by atoms with Crippen molar-refractivity contribution >= 4 is 6.47 Å². The van der Waals surface area contributed by atoms with E-state index in [2.05, 4.69) is 9.72 Å². The lowest BCUT2D eigenvalue weighted by atomic mass is 10.3. The van der Waals surface area contributed by atoms with Crippen LogP contribution in [0.3, 0.4) is 0 Å². The quantitative estimate of drug-likeness (QED) is 0.664. The summed E-state index contributed by atoms with van der Waals surface area (Å²) < 4.78 is 10.1. The van der Waals surface area contributed by atoms with Crippen molar-refractivity contribution in [3.05, 3.63) is 23.9 Å². The minimum absolute atomic E-state index is 0.199. The predicted octanol–water partition coefficient (Wildman–Crippen LogP) is 1.54. The third-order valence-corrected chi connectivity index (χ3v) is 2.24. The molecule has 80 valence electrons. The summed E-state index contributed by atoms with van der Waals surface area (Å²) in [4.78, 5) is 14.2. The summed E-state index contributed by atoms with van der Waals surface area (Å²) in [5.74, 6) is 1.32. The van der Waals surface area contributed by atoms with Gasteiger partial charge < -0.3 is 9.47 Å². The van der Waals surface area contributed by atoms with E-state index in [0.29, 0.717) is 24.0 Å². The molecule has 1 aliphatic rings. The highest BCUT2D eigenvalue weighted by atomic mass is 16.5. The van der Waals surface area contributed by atoms with Gasteiger partial charge in [-0.1, -0.05) is 6.07 Å². The van der Waals surface area contributed by atoms with E-state index in [4.69, 9.17) is 4.74 Å². The molecule has 15 heavy (non-hydrogen) atoms. The Bertz CT molecular complexity index is 336. The molecule has 2 rings (SSSR count). The normalized spacial score (nSPS) is 14.7. The molecular weight excluding hydrogens is 194 g/mol. The van der Waals surface area contributed by atoms with Gasteiger partial charge in [0, 0.05) is 6.07 Å². The standard InChI is InChI=1S/C11H13NO3/c13-8-14-7-10-2-1-3-11(12-10)15-6-9-4-5-9/h1-3,8-9H,4-7H2. The van der Waals surface area contributed by atoms with Crippen LogP contribution in [0.15, 0.2) is 18.2 Å². The molecule has 0 N–H and O–H groups in total. The van der Waals surface area contributed by atoms with Crippen molar-refractivity contribution in [3.8, 4) is 5.88 Å². The molecule has 1 fully saturated rings. The second-order valence-corrected chi connectivity index (χ2v) is 3.63. The average molecular weight is 207 g/mol. The molecule has 0 saturated heterocycles. The molecule has 1 saturated carbocycles. The molecule has 1 aromatic heterocycles. The molecule has 0 aromatic carbocycles. The third-order valence-electron chi connectivity index (χ3n) is 2.24. The maximum atomic E-state index is 10.0. The summed E-state index contributed by atoms with van der Waals surface area (Å²) in [6.45, 7) is 1.36. The highest BCUT2D eigenvalue weighted by Crippen LogP contribution is 2.29. The first-order valence-corrected chi connectivity index (χ1v) is 5.02. The van der Waals surface area contributed by atoms with Gasteiger partial charge in [0.1, 0.15) is 6.61 Å². The van der Waals surface area contributed by atoms with Gasteiger partial charge in [-0.25, -0.2) is 4.98 Å². The van der Waals surface area contributed by atoms with Gasteiger partial charge in [-0.05, 0) is 24.8 Å². The first-order valence-electron chi connectivity index (χ1n) is 5.02. The molecule has 0 unspecified atom stereocenters. The second-order valence-electron chi connectivity index (χ2n) is 3.63. The van der Waals surface area contributed by atoms with Gasteiger partial charge in [0.15, 0.2) is 0 Å². The first-order chi connectivity index (χ1) is 7.38. The van der Waals surface area contributed by atoms with Crippen LogP contribution >= 0.6 is 0 Å². The Morgan fingerprint density at radius 3 is 3.07 bits per heavy atom. The predicted molar refractivity (Wildman–Crippen MR) is 53.3 cm³/mol. The van der Waals surface area contributed by atoms with E-state index in [1.165, 1.54) is 12.8 Å². The molecule has 4 nitrogen and oxygen atoms in total. The van der Waals surface area contributed by atoms with E-state index in [1.54, 1.807) is 6.07 Å². The Balaban J connectivity index is 1.88. The SMILES string of the molecule is O=COCc1cccc(OCC2CC2)n1. The Hall–Kier alpha value is -1.58. The van der Waals surface area contributed by atoms with E-state index in [1.807, 2.05) is 12.1 Å². The summed E-state index contributed by atoms with van der Waals surface area (Å²) in [6, 6.07) is 5.46. The smallest absolute Gasteiger partial charge is 0.293 e. The number of carbonyl (C=O) groups excluding carboxylic acids is 1. The summed E-state index contributed by atoms with van der Waals surface area (Å²) in [5, 5.41) is 0. The Morgan fingerprint density at radius 2 is 2.33 bits per heavy atom. The fourth-order valence-electron chi connectivity index (χ4n) is 1.23. The zero-order chi connectivity index (χ0) is 10.5. The molecule has 0 atom stereocenters. The van der Waals surface area contributed by atoms with Gasteiger partial charge in [-0.2, -0.15) is 0 Å². The van der Waals surface area contributed by atoms with Crippen molar-refractivity contribution in [2.45, 2.75) is 19.4 Å². The van der Waals surface area contributed by atoms with Crippen LogP contribution in [-0.4, -0.2) is 18.1 Å². The van der Waals surface area contributed by atoms with Gasteiger partial charge in [-0.15, -0.1) is 0 Å². The van der Waals surface area contributed by atoms with Gasteiger partial charge in [0.25, 0.3) is 6.47 Å². The summed E-state index contributed by atoms with van der Waals surface area (Å²) in [5.41, 5.74) is 0.704. The average Bonchev–Trinajstić information content (AvgIpc) is 3.08. The second kappa shape index (κ2) is 4.77. The minimum Gasteiger partial charge on any atom is -0.477 e. The van der Waals surface area contributed by atoms with Crippen LogP contribution < -0.4 is 4.74 Å². The molecule has 1 heterocycles. The Kier molecular flexibility index (Phi) is 3.17. The Morgan fingerprint density at radius 1 is 1.47 bits per heavy atom. The molecule has 0 amide bonds. The van der Waals surface area contributed by atoms with Gasteiger partial charge >= 0.3 is 0 Å². The number of hydrogen-bond donors (Lipinski definition) is 0. The maximum absolute atomic E-state index is 10.0. The molecule has 0 spiro atoms. The van der Waals surface area contributed by atoms with Crippen LogP contribution in [0.1, 0.15) is 18.5 Å². The summed E-state index contributed by atoms with van der Waals surface area (Å²) in [6.07, 6.45) is 2.52. The fourth-order valence-corrected chi connectivity index (χ4v) is 1.23. The molecule has 0 bridgehead atoms. The molecule has 4 heteroatoms. The largest absolute Gasteiger partial charge is 0.477 e. The third kappa shape index (κ3) is 3.23. The monoisotopic (exact) mass is 207 g/mol. The van der Waals surface area contributed by atoms with E-state index in [9.17, 15) is 4.79 Å². The van der Waals surface area contributed by atoms with Gasteiger partial charge in [0.05, 0.1) is 12.3 Å². The van der Waals surface area contributed by atoms with Crippen molar-refractivity contribution in [1.82, 2.24) is 4.98 Å². The fraction of sp³-hybridized carbons (Fsp3) is 0.455. The molecule has 1 aromatic rings. The van der Waals surface area contributed by atoms with Crippen molar-refractivity contribution < 1.29 is 14.3 Å². The van der Waals surface area contributed by atoms with E-state index in [0.717, 1.165) is 6.61 Å². The lowest BCUT2D eigenvalue weighted by molar-refractivity contribution is -0.129. The molecule has 0 radical (unpaired) electrons. The maximum Gasteiger partial charge on any atom is 0.293 e. The summed E-state index contributed by atoms with van der Waals surface area (Å²) in [7, 11) is 0. The highest BCUT2D eigenvalue weighted by Gasteiger charge is 2.22. The zero-order valence-corrected chi connectivity index (χ0v) is 8.39. The topological polar surface area (TPSA) is 48.4 Å². The number of pyridine rings is 1. The number of aromatic nitrogens is 1. The Labute approximate surface area is 88.2 Å². The molecule has 0 aliphatic heterocycles. The highest BCUT2D eigenvalue weighted by molar-refractivity contribution is 5.37. The molecular formula is C11H13NO3. The van der Waals surface area contributed by atoms with Crippen molar-refractivity contribution in [1.29, 1.82) is 0 Å². The lowest BCUT2D eigenvalue weighted by Crippen LogP contribution is -2.02. The number of ether oxygens (including phenoxy) is 2. The van der Waals surface area contributed by atoms with Crippen LogP contribution in [-0.2, 0) is 16.1 Å². The van der Waals surface area contributed by atoms with Gasteiger partial charge in [0.2, 0.25) is 5.88 Å². The minimum atomic E-state index is 0.199. The summed E-state index contributed by atoms with van der Waals surface area (Å²) >= 11 is 0.